The molecule has 0 saturated carbocycles. The molecule has 3 aromatic rings. The van der Waals surface area contributed by atoms with Crippen molar-refractivity contribution in [2.24, 2.45) is 5.92 Å². The molecular formula is C19H21N5O3. The van der Waals surface area contributed by atoms with Gasteiger partial charge in [-0.15, -0.1) is 0 Å². The molecule has 0 spiro atoms. The summed E-state index contributed by atoms with van der Waals surface area (Å²) in [5.74, 6) is 0.283. The van der Waals surface area contributed by atoms with Gasteiger partial charge in [0.15, 0.2) is 11.4 Å². The molecule has 0 aromatic carbocycles. The first-order valence-electron chi connectivity index (χ1n) is 8.96. The van der Waals surface area contributed by atoms with Crippen molar-refractivity contribution >= 4 is 17.5 Å². The summed E-state index contributed by atoms with van der Waals surface area (Å²) in [5, 5.41) is 0. The molecule has 1 fully saturated rings. The summed E-state index contributed by atoms with van der Waals surface area (Å²) in [4.78, 5) is 37.0. The number of furan rings is 1. The van der Waals surface area contributed by atoms with Crippen LogP contribution in [-0.2, 0) is 11.2 Å². The maximum Gasteiger partial charge on any atom is 0.289 e. The number of carbonyl (C=O) groups excluding carboxylic acids is 2. The van der Waals surface area contributed by atoms with Crippen molar-refractivity contribution < 1.29 is 14.0 Å². The fourth-order valence-electron chi connectivity index (χ4n) is 3.53. The largest absolute Gasteiger partial charge is 0.459 e. The number of hydrogen-bond donors (Lipinski definition) is 0. The Balaban J connectivity index is 1.55. The molecule has 0 aliphatic carbocycles. The van der Waals surface area contributed by atoms with Crippen molar-refractivity contribution in [3.63, 3.8) is 0 Å². The van der Waals surface area contributed by atoms with Crippen LogP contribution in [0.2, 0.25) is 0 Å². The predicted octanol–water partition coefficient (Wildman–Crippen LogP) is 1.49. The van der Waals surface area contributed by atoms with Gasteiger partial charge < -0.3 is 18.6 Å². The Hall–Kier alpha value is -3.16. The summed E-state index contributed by atoms with van der Waals surface area (Å²) in [6.07, 6.45) is 9.45. The van der Waals surface area contributed by atoms with E-state index in [0.29, 0.717) is 38.4 Å². The van der Waals surface area contributed by atoms with Crippen LogP contribution in [0, 0.1) is 5.92 Å². The van der Waals surface area contributed by atoms with Crippen molar-refractivity contribution in [2.75, 3.05) is 26.2 Å². The highest BCUT2D eigenvalue weighted by Crippen LogP contribution is 2.17. The predicted molar refractivity (Wildman–Crippen MR) is 97.0 cm³/mol. The average Bonchev–Trinajstić information content (AvgIpc) is 3.30. The maximum atomic E-state index is 12.7. The number of carbonyl (C=O) groups is 2. The highest BCUT2D eigenvalue weighted by molar-refractivity contribution is 5.91. The van der Waals surface area contributed by atoms with E-state index in [1.54, 1.807) is 41.2 Å². The molecule has 1 saturated heterocycles. The van der Waals surface area contributed by atoms with Crippen molar-refractivity contribution in [3.05, 3.63) is 54.6 Å². The fourth-order valence-corrected chi connectivity index (χ4v) is 3.53. The third-order valence-corrected chi connectivity index (χ3v) is 4.89. The molecule has 0 radical (unpaired) electrons. The first-order valence-corrected chi connectivity index (χ1v) is 8.96. The molecule has 0 bridgehead atoms. The minimum absolute atomic E-state index is 0.0188. The van der Waals surface area contributed by atoms with Crippen molar-refractivity contribution in [3.8, 4) is 0 Å². The Morgan fingerprint density at radius 3 is 2.81 bits per heavy atom. The second kappa shape index (κ2) is 7.22. The lowest BCUT2D eigenvalue weighted by Crippen LogP contribution is -2.36. The van der Waals surface area contributed by atoms with Crippen molar-refractivity contribution in [1.82, 2.24) is 24.2 Å². The molecular weight excluding hydrogens is 346 g/mol. The summed E-state index contributed by atoms with van der Waals surface area (Å²) < 4.78 is 7.19. The summed E-state index contributed by atoms with van der Waals surface area (Å²) >= 11 is 0. The fraction of sp³-hybridized carbons (Fsp3) is 0.368. The van der Waals surface area contributed by atoms with Crippen LogP contribution in [0.1, 0.15) is 23.2 Å². The van der Waals surface area contributed by atoms with Gasteiger partial charge in [-0.3, -0.25) is 14.6 Å². The van der Waals surface area contributed by atoms with Crippen molar-refractivity contribution in [1.29, 1.82) is 0 Å². The molecule has 8 nitrogen and oxygen atoms in total. The molecule has 4 heterocycles. The molecule has 0 N–H and O–H groups in total. The first-order chi connectivity index (χ1) is 13.1. The molecule has 1 unspecified atom stereocenters. The van der Waals surface area contributed by atoms with Crippen LogP contribution in [0.4, 0.5) is 0 Å². The number of aromatic nitrogens is 3. The zero-order chi connectivity index (χ0) is 18.8. The van der Waals surface area contributed by atoms with Crippen LogP contribution in [0.3, 0.4) is 0 Å². The maximum absolute atomic E-state index is 12.7. The van der Waals surface area contributed by atoms with Crippen LogP contribution in [0.5, 0.6) is 0 Å². The smallest absolute Gasteiger partial charge is 0.289 e. The Morgan fingerprint density at radius 2 is 2.04 bits per heavy atom. The monoisotopic (exact) mass is 367 g/mol. The van der Waals surface area contributed by atoms with E-state index in [9.17, 15) is 9.59 Å². The Morgan fingerprint density at radius 1 is 1.22 bits per heavy atom. The first kappa shape index (κ1) is 17.3. The molecule has 1 aliphatic rings. The Bertz CT molecular complexity index is 949. The lowest BCUT2D eigenvalue weighted by atomic mass is 10.0. The molecule has 3 aromatic heterocycles. The van der Waals surface area contributed by atoms with E-state index in [1.165, 1.54) is 6.26 Å². The number of imidazole rings is 1. The van der Waals surface area contributed by atoms with Gasteiger partial charge in [-0.2, -0.15) is 0 Å². The third-order valence-electron chi connectivity index (χ3n) is 4.89. The zero-order valence-corrected chi connectivity index (χ0v) is 15.1. The van der Waals surface area contributed by atoms with Crippen molar-refractivity contribution in [2.45, 2.75) is 13.3 Å². The van der Waals surface area contributed by atoms with Crippen LogP contribution in [0.15, 0.2) is 47.6 Å². The normalized spacial score (nSPS) is 17.9. The second-order valence-corrected chi connectivity index (χ2v) is 6.83. The van der Waals surface area contributed by atoms with E-state index >= 15 is 0 Å². The second-order valence-electron chi connectivity index (χ2n) is 6.83. The molecule has 8 heteroatoms. The van der Waals surface area contributed by atoms with Gasteiger partial charge in [-0.25, -0.2) is 4.98 Å². The zero-order valence-electron chi connectivity index (χ0n) is 15.1. The van der Waals surface area contributed by atoms with E-state index in [1.807, 2.05) is 16.8 Å². The van der Waals surface area contributed by atoms with Gasteiger partial charge in [0.2, 0.25) is 5.91 Å². The van der Waals surface area contributed by atoms with E-state index in [0.717, 1.165) is 11.3 Å². The third kappa shape index (κ3) is 3.69. The van der Waals surface area contributed by atoms with Gasteiger partial charge in [-0.05, 0) is 24.5 Å². The van der Waals surface area contributed by atoms with Crippen LogP contribution in [0.25, 0.3) is 5.65 Å². The van der Waals surface area contributed by atoms with Gasteiger partial charge in [0.05, 0.1) is 18.2 Å². The standard InChI is InChI=1S/C19H21N5O3/c1-14(25)22-6-7-24(19(26)17-3-2-8-27-17)12-15(11-22)9-16-13-23-5-4-20-18(23)10-21-16/h2-5,8,10,13,15H,6-7,9,11-12H2,1H3. The van der Waals surface area contributed by atoms with Gasteiger partial charge in [0.1, 0.15) is 0 Å². The summed E-state index contributed by atoms with van der Waals surface area (Å²) in [5.41, 5.74) is 1.70. The quantitative estimate of drug-likeness (QED) is 0.700. The molecule has 140 valence electrons. The number of fused-ring (bicyclic) bond motifs is 1. The van der Waals surface area contributed by atoms with Crippen LogP contribution in [-0.4, -0.2) is 62.2 Å². The summed E-state index contributed by atoms with van der Waals surface area (Å²) in [6.45, 7) is 3.72. The van der Waals surface area contributed by atoms with E-state index in [4.69, 9.17) is 4.42 Å². The Labute approximate surface area is 156 Å². The number of amides is 2. The SMILES string of the molecule is CC(=O)N1CCN(C(=O)c2ccco2)CC(Cc2cn3ccnc3cn2)C1. The highest BCUT2D eigenvalue weighted by atomic mass is 16.3. The molecule has 27 heavy (non-hydrogen) atoms. The van der Waals surface area contributed by atoms with Crippen LogP contribution < -0.4 is 0 Å². The minimum atomic E-state index is -0.145. The topological polar surface area (TPSA) is 84.0 Å². The number of rotatable bonds is 3. The summed E-state index contributed by atoms with van der Waals surface area (Å²) in [6, 6.07) is 3.37. The number of hydrogen-bond acceptors (Lipinski definition) is 5. The van der Waals surface area contributed by atoms with Gasteiger partial charge in [-0.1, -0.05) is 0 Å². The van der Waals surface area contributed by atoms with Gasteiger partial charge in [0, 0.05) is 51.7 Å². The molecule has 1 atom stereocenters. The summed E-state index contributed by atoms with van der Waals surface area (Å²) in [7, 11) is 0. The lowest BCUT2D eigenvalue weighted by Gasteiger charge is -2.23. The lowest BCUT2D eigenvalue weighted by molar-refractivity contribution is -0.129. The van der Waals surface area contributed by atoms with E-state index < -0.39 is 0 Å². The minimum Gasteiger partial charge on any atom is -0.459 e. The molecule has 2 amide bonds. The number of nitrogens with zero attached hydrogens (tertiary/aromatic N) is 5. The van der Waals surface area contributed by atoms with Gasteiger partial charge >= 0.3 is 0 Å². The Kier molecular flexibility index (Phi) is 4.62. The highest BCUT2D eigenvalue weighted by Gasteiger charge is 2.28. The molecule has 4 rings (SSSR count). The molecule has 1 aliphatic heterocycles. The van der Waals surface area contributed by atoms with Gasteiger partial charge in [0.25, 0.3) is 5.91 Å². The van der Waals surface area contributed by atoms with E-state index in [-0.39, 0.29) is 17.7 Å². The average molecular weight is 367 g/mol. The van der Waals surface area contributed by atoms with E-state index in [2.05, 4.69) is 9.97 Å². The van der Waals surface area contributed by atoms with Crippen LogP contribution >= 0.6 is 0 Å².